The van der Waals surface area contributed by atoms with E-state index in [1.807, 2.05) is 35.2 Å². The highest BCUT2D eigenvalue weighted by Crippen LogP contribution is 2.35. The molecule has 3 heterocycles. The van der Waals surface area contributed by atoms with Crippen LogP contribution in [0.1, 0.15) is 46.2 Å². The Morgan fingerprint density at radius 1 is 1.15 bits per heavy atom. The summed E-state index contributed by atoms with van der Waals surface area (Å²) < 4.78 is 49.3. The highest BCUT2D eigenvalue weighted by Gasteiger charge is 2.33. The summed E-state index contributed by atoms with van der Waals surface area (Å²) in [6.07, 6.45) is -1.86. The minimum absolute atomic E-state index is 0.0362. The van der Waals surface area contributed by atoms with E-state index >= 15 is 0 Å². The van der Waals surface area contributed by atoms with Crippen LogP contribution in [0.4, 0.5) is 13.2 Å². The second kappa shape index (κ2) is 12.1. The zero-order valence-corrected chi connectivity index (χ0v) is 22.0. The first-order chi connectivity index (χ1) is 18.9. The standard InChI is InChI=1S/C25H23ClF3N7O2S/c26-17-7-4-8-18(27)20(17)24(37)30-13-19(22-21(23(28)29)31-14-39-22)35-11-9-16(10-12-35)38-25-32-33-34-36(25)15-5-2-1-3-6-15/h1-8,14,16,19,23H,9-13H2,(H,30,37). The number of benzene rings is 2. The summed E-state index contributed by atoms with van der Waals surface area (Å²) in [6, 6.07) is 12.9. The third-order valence-corrected chi connectivity index (χ3v) is 7.67. The number of tetrazole rings is 1. The number of hydrogen-bond acceptors (Lipinski definition) is 8. The molecule has 0 radical (unpaired) electrons. The van der Waals surface area contributed by atoms with Crippen molar-refractivity contribution < 1.29 is 22.7 Å². The van der Waals surface area contributed by atoms with Gasteiger partial charge in [0.1, 0.15) is 17.6 Å². The van der Waals surface area contributed by atoms with Crippen LogP contribution < -0.4 is 10.1 Å². The second-order valence-electron chi connectivity index (χ2n) is 8.79. The Balaban J connectivity index is 1.29. The van der Waals surface area contributed by atoms with Crippen molar-refractivity contribution in [3.8, 4) is 11.7 Å². The zero-order valence-electron chi connectivity index (χ0n) is 20.4. The number of hydrogen-bond donors (Lipinski definition) is 1. The topological polar surface area (TPSA) is 98.1 Å². The number of alkyl halides is 2. The van der Waals surface area contributed by atoms with Crippen molar-refractivity contribution >= 4 is 28.8 Å². The van der Waals surface area contributed by atoms with Gasteiger partial charge in [0, 0.05) is 19.6 Å². The molecule has 5 rings (SSSR count). The van der Waals surface area contributed by atoms with Crippen LogP contribution in [-0.2, 0) is 0 Å². The van der Waals surface area contributed by atoms with E-state index in [0.717, 1.165) is 23.1 Å². The van der Waals surface area contributed by atoms with E-state index in [1.165, 1.54) is 22.3 Å². The molecule has 0 aliphatic carbocycles. The number of aromatic nitrogens is 5. The molecule has 1 unspecified atom stereocenters. The number of ether oxygens (including phenoxy) is 1. The molecule has 1 amide bonds. The molecular weight excluding hydrogens is 555 g/mol. The van der Waals surface area contributed by atoms with Crippen molar-refractivity contribution in [2.24, 2.45) is 0 Å². The molecule has 2 aromatic carbocycles. The van der Waals surface area contributed by atoms with Gasteiger partial charge in [-0.05, 0) is 47.5 Å². The van der Waals surface area contributed by atoms with Crippen molar-refractivity contribution in [1.29, 1.82) is 0 Å². The Morgan fingerprint density at radius 3 is 2.64 bits per heavy atom. The molecule has 204 valence electrons. The second-order valence-corrected chi connectivity index (χ2v) is 10.1. The number of carbonyl (C=O) groups excluding carboxylic acids is 1. The number of para-hydroxylation sites is 1. The number of thiazole rings is 1. The van der Waals surface area contributed by atoms with Crippen molar-refractivity contribution in [2.45, 2.75) is 31.4 Å². The predicted octanol–water partition coefficient (Wildman–Crippen LogP) is 4.86. The first-order valence-electron chi connectivity index (χ1n) is 12.1. The van der Waals surface area contributed by atoms with Crippen LogP contribution in [0.25, 0.3) is 5.69 Å². The van der Waals surface area contributed by atoms with Crippen LogP contribution in [0.5, 0.6) is 6.01 Å². The molecule has 9 nitrogen and oxygen atoms in total. The van der Waals surface area contributed by atoms with Gasteiger partial charge in [-0.2, -0.15) is 4.68 Å². The maximum Gasteiger partial charge on any atom is 0.340 e. The summed E-state index contributed by atoms with van der Waals surface area (Å²) in [4.78, 5) is 19.0. The highest BCUT2D eigenvalue weighted by molar-refractivity contribution is 7.09. The highest BCUT2D eigenvalue weighted by atomic mass is 35.5. The molecule has 0 bridgehead atoms. The fourth-order valence-corrected chi connectivity index (χ4v) is 5.68. The lowest BCUT2D eigenvalue weighted by Gasteiger charge is -2.37. The minimum atomic E-state index is -2.77. The fraction of sp³-hybridized carbons (Fsp3) is 0.320. The lowest BCUT2D eigenvalue weighted by molar-refractivity contribution is 0.0643. The van der Waals surface area contributed by atoms with E-state index < -0.39 is 24.2 Å². The molecule has 1 aliphatic heterocycles. The van der Waals surface area contributed by atoms with Gasteiger partial charge in [-0.25, -0.2) is 18.2 Å². The molecule has 1 fully saturated rings. The maximum absolute atomic E-state index is 14.3. The zero-order chi connectivity index (χ0) is 27.4. The Kier molecular flexibility index (Phi) is 8.38. The van der Waals surface area contributed by atoms with Gasteiger partial charge in [0.15, 0.2) is 0 Å². The van der Waals surface area contributed by atoms with E-state index in [9.17, 15) is 18.0 Å². The predicted molar refractivity (Wildman–Crippen MR) is 138 cm³/mol. The maximum atomic E-state index is 14.3. The Bertz CT molecular complexity index is 1390. The molecule has 1 saturated heterocycles. The number of nitrogens with one attached hydrogen (secondary N) is 1. The van der Waals surface area contributed by atoms with E-state index in [1.54, 1.807) is 0 Å². The van der Waals surface area contributed by atoms with Gasteiger partial charge < -0.3 is 10.1 Å². The lowest BCUT2D eigenvalue weighted by Crippen LogP contribution is -2.44. The van der Waals surface area contributed by atoms with Gasteiger partial charge in [-0.3, -0.25) is 9.69 Å². The SMILES string of the molecule is O=C(NCC(c1scnc1C(F)F)N1CCC(Oc2nnnn2-c2ccccc2)CC1)c1c(F)cccc1Cl. The van der Waals surface area contributed by atoms with Crippen molar-refractivity contribution in [3.05, 3.63) is 81.0 Å². The minimum Gasteiger partial charge on any atom is -0.459 e. The number of likely N-dealkylation sites (tertiary alicyclic amines) is 1. The summed E-state index contributed by atoms with van der Waals surface area (Å²) in [5.41, 5.74) is 1.49. The molecule has 4 aromatic rings. The summed E-state index contributed by atoms with van der Waals surface area (Å²) in [6.45, 7) is 0.932. The van der Waals surface area contributed by atoms with E-state index in [0.29, 0.717) is 30.8 Å². The largest absolute Gasteiger partial charge is 0.459 e. The molecule has 0 spiro atoms. The van der Waals surface area contributed by atoms with E-state index in [2.05, 4.69) is 25.8 Å². The van der Waals surface area contributed by atoms with E-state index in [4.69, 9.17) is 16.3 Å². The van der Waals surface area contributed by atoms with Crippen LogP contribution in [-0.4, -0.2) is 61.7 Å². The first-order valence-corrected chi connectivity index (χ1v) is 13.4. The van der Waals surface area contributed by atoms with Crippen LogP contribution in [0, 0.1) is 5.82 Å². The van der Waals surface area contributed by atoms with Gasteiger partial charge in [0.25, 0.3) is 12.3 Å². The van der Waals surface area contributed by atoms with Gasteiger partial charge in [0.05, 0.1) is 32.7 Å². The fourth-order valence-electron chi connectivity index (χ4n) is 4.50. The third kappa shape index (κ3) is 6.05. The van der Waals surface area contributed by atoms with Crippen LogP contribution in [0.3, 0.4) is 0 Å². The number of carbonyl (C=O) groups is 1. The summed E-state index contributed by atoms with van der Waals surface area (Å²) >= 11 is 7.12. The average molecular weight is 578 g/mol. The molecule has 14 heteroatoms. The number of rotatable bonds is 9. The molecule has 0 saturated carbocycles. The van der Waals surface area contributed by atoms with E-state index in [-0.39, 0.29) is 34.9 Å². The van der Waals surface area contributed by atoms with Crippen LogP contribution in [0.2, 0.25) is 5.02 Å². The Labute approximate surface area is 230 Å². The third-order valence-electron chi connectivity index (χ3n) is 6.41. The van der Waals surface area contributed by atoms with Gasteiger partial charge in [-0.1, -0.05) is 41.0 Å². The molecule has 1 aliphatic rings. The van der Waals surface area contributed by atoms with Crippen LogP contribution >= 0.6 is 22.9 Å². The van der Waals surface area contributed by atoms with Crippen molar-refractivity contribution in [1.82, 2.24) is 35.4 Å². The number of amides is 1. The quantitative estimate of drug-likeness (QED) is 0.303. The van der Waals surface area contributed by atoms with Gasteiger partial charge in [-0.15, -0.1) is 11.3 Å². The first kappa shape index (κ1) is 27.0. The molecule has 39 heavy (non-hydrogen) atoms. The smallest absolute Gasteiger partial charge is 0.340 e. The monoisotopic (exact) mass is 577 g/mol. The summed E-state index contributed by atoms with van der Waals surface area (Å²) in [7, 11) is 0. The number of nitrogens with zero attached hydrogens (tertiary/aromatic N) is 6. The van der Waals surface area contributed by atoms with Gasteiger partial charge >= 0.3 is 6.01 Å². The molecular formula is C25H23ClF3N7O2S. The molecule has 2 aromatic heterocycles. The summed E-state index contributed by atoms with van der Waals surface area (Å²) in [5.74, 6) is -1.49. The lowest BCUT2D eigenvalue weighted by atomic mass is 10.0. The van der Waals surface area contributed by atoms with Crippen LogP contribution in [0.15, 0.2) is 54.0 Å². The summed E-state index contributed by atoms with van der Waals surface area (Å²) in [5, 5.41) is 14.3. The average Bonchev–Trinajstić information content (AvgIpc) is 3.60. The van der Waals surface area contributed by atoms with Crippen molar-refractivity contribution in [3.63, 3.8) is 0 Å². The molecule has 1 N–H and O–H groups in total. The van der Waals surface area contributed by atoms with Gasteiger partial charge in [0.2, 0.25) is 0 Å². The Hall–Kier alpha value is -3.55. The Morgan fingerprint density at radius 2 is 1.92 bits per heavy atom. The van der Waals surface area contributed by atoms with Crippen molar-refractivity contribution in [2.75, 3.05) is 19.6 Å². The number of piperidine rings is 1. The molecule has 1 atom stereocenters. The normalized spacial score (nSPS) is 15.4. The number of halogens is 4.